The number of hydrogen-bond donors (Lipinski definition) is 1. The minimum absolute atomic E-state index is 0.118. The van der Waals surface area contributed by atoms with Gasteiger partial charge in [-0.1, -0.05) is 13.8 Å². The Hall–Kier alpha value is -2.56. The van der Waals surface area contributed by atoms with Gasteiger partial charge in [-0.15, -0.1) is 0 Å². The lowest BCUT2D eigenvalue weighted by atomic mass is 10.1. The van der Waals surface area contributed by atoms with Gasteiger partial charge in [0.2, 0.25) is 0 Å². The number of anilines is 3. The Kier molecular flexibility index (Phi) is 7.29. The van der Waals surface area contributed by atoms with Gasteiger partial charge in [0.15, 0.2) is 0 Å². The zero-order valence-corrected chi connectivity index (χ0v) is 17.2. The van der Waals surface area contributed by atoms with Crippen molar-refractivity contribution in [3.8, 4) is 0 Å². The van der Waals surface area contributed by atoms with E-state index in [0.717, 1.165) is 50.4 Å². The van der Waals surface area contributed by atoms with Crippen LogP contribution in [0.1, 0.15) is 56.3 Å². The number of rotatable bonds is 8. The Labute approximate surface area is 168 Å². The molecule has 0 radical (unpaired) electrons. The molecule has 3 rings (SSSR count). The zero-order valence-electron chi connectivity index (χ0n) is 17.2. The van der Waals surface area contributed by atoms with Crippen molar-refractivity contribution in [2.24, 2.45) is 0 Å². The van der Waals surface area contributed by atoms with Crippen molar-refractivity contribution in [2.45, 2.75) is 46.0 Å². The van der Waals surface area contributed by atoms with Crippen LogP contribution in [-0.4, -0.2) is 37.1 Å². The van der Waals surface area contributed by atoms with Gasteiger partial charge in [-0.05, 0) is 62.4 Å². The number of aromatic nitrogens is 1. The second-order valence-corrected chi connectivity index (χ2v) is 7.47. The molecule has 0 saturated carbocycles. The number of piperidine rings is 1. The van der Waals surface area contributed by atoms with Crippen molar-refractivity contribution in [3.05, 3.63) is 48.3 Å². The summed E-state index contributed by atoms with van der Waals surface area (Å²) in [5, 5.41) is 3.00. The van der Waals surface area contributed by atoms with E-state index in [1.54, 1.807) is 6.20 Å². The smallest absolute Gasteiger partial charge is 0.257 e. The van der Waals surface area contributed by atoms with E-state index in [1.807, 2.05) is 24.4 Å². The molecule has 5 nitrogen and oxygen atoms in total. The number of carbonyl (C=O) groups excluding carboxylic acids is 1. The molecule has 0 bridgehead atoms. The third-order valence-electron chi connectivity index (χ3n) is 5.18. The van der Waals surface area contributed by atoms with E-state index in [1.165, 1.54) is 24.9 Å². The molecule has 1 aromatic heterocycles. The van der Waals surface area contributed by atoms with Gasteiger partial charge in [0.1, 0.15) is 0 Å². The Balaban J connectivity index is 1.66. The highest BCUT2D eigenvalue weighted by molar-refractivity contribution is 6.04. The quantitative estimate of drug-likeness (QED) is 0.704. The summed E-state index contributed by atoms with van der Waals surface area (Å²) in [6.45, 7) is 8.52. The summed E-state index contributed by atoms with van der Waals surface area (Å²) in [6.07, 6.45) is 9.46. The summed E-state index contributed by atoms with van der Waals surface area (Å²) in [6, 6.07) is 10.1. The summed E-state index contributed by atoms with van der Waals surface area (Å²) in [5.41, 5.74) is 3.65. The van der Waals surface area contributed by atoms with Crippen molar-refractivity contribution in [1.82, 2.24) is 4.98 Å². The van der Waals surface area contributed by atoms with E-state index in [0.29, 0.717) is 5.56 Å². The summed E-state index contributed by atoms with van der Waals surface area (Å²) in [4.78, 5) is 21.7. The second kappa shape index (κ2) is 10.1. The lowest BCUT2D eigenvalue weighted by Gasteiger charge is -2.28. The van der Waals surface area contributed by atoms with Crippen LogP contribution < -0.4 is 15.1 Å². The maximum atomic E-state index is 12.7. The van der Waals surface area contributed by atoms with Crippen molar-refractivity contribution in [3.63, 3.8) is 0 Å². The highest BCUT2D eigenvalue weighted by atomic mass is 16.1. The second-order valence-electron chi connectivity index (χ2n) is 7.47. The van der Waals surface area contributed by atoms with Gasteiger partial charge in [0.25, 0.3) is 5.91 Å². The SMILES string of the molecule is CCCN(CCC)c1cncc(C(=O)Nc2ccc(N3CCCCC3)cc2)c1. The molecule has 2 heterocycles. The number of nitrogens with one attached hydrogen (secondary N) is 1. The third kappa shape index (κ3) is 5.24. The fourth-order valence-corrected chi connectivity index (χ4v) is 3.75. The summed E-state index contributed by atoms with van der Waals surface area (Å²) in [5.74, 6) is -0.118. The van der Waals surface area contributed by atoms with Gasteiger partial charge >= 0.3 is 0 Å². The van der Waals surface area contributed by atoms with Crippen molar-refractivity contribution >= 4 is 23.0 Å². The molecular weight excluding hydrogens is 348 g/mol. The molecule has 28 heavy (non-hydrogen) atoms. The fraction of sp³-hybridized carbons (Fsp3) is 0.478. The van der Waals surface area contributed by atoms with Crippen LogP contribution in [0.15, 0.2) is 42.7 Å². The van der Waals surface area contributed by atoms with E-state index < -0.39 is 0 Å². The Bertz CT molecular complexity index is 747. The standard InChI is InChI=1S/C23H32N4O/c1-3-12-26(13-4-2)22-16-19(17-24-18-22)23(28)25-20-8-10-21(11-9-20)27-14-6-5-7-15-27/h8-11,16-18H,3-7,12-15H2,1-2H3,(H,25,28). The molecule has 0 aliphatic carbocycles. The fourth-order valence-electron chi connectivity index (χ4n) is 3.75. The minimum Gasteiger partial charge on any atom is -0.372 e. The van der Waals surface area contributed by atoms with Crippen LogP contribution in [0.5, 0.6) is 0 Å². The van der Waals surface area contributed by atoms with Crippen LogP contribution in [-0.2, 0) is 0 Å². The van der Waals surface area contributed by atoms with Gasteiger partial charge in [-0.3, -0.25) is 9.78 Å². The Morgan fingerprint density at radius 2 is 1.71 bits per heavy atom. The molecule has 150 valence electrons. The third-order valence-corrected chi connectivity index (χ3v) is 5.18. The topological polar surface area (TPSA) is 48.5 Å². The van der Waals surface area contributed by atoms with Crippen LogP contribution in [0.2, 0.25) is 0 Å². The predicted molar refractivity (Wildman–Crippen MR) is 117 cm³/mol. The zero-order chi connectivity index (χ0) is 19.8. The van der Waals surface area contributed by atoms with Crippen LogP contribution in [0, 0.1) is 0 Å². The predicted octanol–water partition coefficient (Wildman–Crippen LogP) is 4.95. The number of benzene rings is 1. The lowest BCUT2D eigenvalue weighted by Crippen LogP contribution is -2.29. The van der Waals surface area contributed by atoms with Crippen LogP contribution in [0.25, 0.3) is 0 Å². The largest absolute Gasteiger partial charge is 0.372 e. The van der Waals surface area contributed by atoms with Gasteiger partial charge in [0.05, 0.1) is 17.4 Å². The molecule has 1 aliphatic heterocycles. The molecule has 1 fully saturated rings. The number of carbonyl (C=O) groups is 1. The van der Waals surface area contributed by atoms with Crippen molar-refractivity contribution in [1.29, 1.82) is 0 Å². The van der Waals surface area contributed by atoms with Crippen LogP contribution in [0.4, 0.5) is 17.1 Å². The average molecular weight is 381 g/mol. The summed E-state index contributed by atoms with van der Waals surface area (Å²) in [7, 11) is 0. The van der Waals surface area contributed by atoms with Crippen molar-refractivity contribution in [2.75, 3.05) is 41.3 Å². The van der Waals surface area contributed by atoms with Crippen LogP contribution >= 0.6 is 0 Å². The normalized spacial score (nSPS) is 14.0. The van der Waals surface area contributed by atoms with Gasteiger partial charge in [-0.25, -0.2) is 0 Å². The first-order chi connectivity index (χ1) is 13.7. The molecule has 1 aliphatic rings. The van der Waals surface area contributed by atoms with E-state index >= 15 is 0 Å². The molecule has 0 atom stereocenters. The van der Waals surface area contributed by atoms with Crippen molar-refractivity contribution < 1.29 is 4.79 Å². The molecule has 0 unspecified atom stereocenters. The Morgan fingerprint density at radius 3 is 2.36 bits per heavy atom. The minimum atomic E-state index is -0.118. The van der Waals surface area contributed by atoms with Gasteiger partial charge < -0.3 is 15.1 Å². The first-order valence-electron chi connectivity index (χ1n) is 10.6. The number of hydrogen-bond acceptors (Lipinski definition) is 4. The number of nitrogens with zero attached hydrogens (tertiary/aromatic N) is 3. The van der Waals surface area contributed by atoms with E-state index in [-0.39, 0.29) is 5.91 Å². The first-order valence-corrected chi connectivity index (χ1v) is 10.6. The number of pyridine rings is 1. The highest BCUT2D eigenvalue weighted by Gasteiger charge is 2.13. The van der Waals surface area contributed by atoms with Gasteiger partial charge in [-0.2, -0.15) is 0 Å². The average Bonchev–Trinajstić information content (AvgIpc) is 2.75. The monoisotopic (exact) mass is 380 g/mol. The highest BCUT2D eigenvalue weighted by Crippen LogP contribution is 2.22. The van der Waals surface area contributed by atoms with E-state index in [4.69, 9.17) is 0 Å². The van der Waals surface area contributed by atoms with Crippen LogP contribution in [0.3, 0.4) is 0 Å². The maximum absolute atomic E-state index is 12.7. The first kappa shape index (κ1) is 20.2. The number of amides is 1. The van der Waals surface area contributed by atoms with E-state index in [2.05, 4.69) is 46.1 Å². The molecular formula is C23H32N4O. The van der Waals surface area contributed by atoms with E-state index in [9.17, 15) is 4.79 Å². The summed E-state index contributed by atoms with van der Waals surface area (Å²) >= 11 is 0. The molecule has 0 spiro atoms. The molecule has 2 aromatic rings. The summed E-state index contributed by atoms with van der Waals surface area (Å²) < 4.78 is 0. The molecule has 1 saturated heterocycles. The van der Waals surface area contributed by atoms with Gasteiger partial charge in [0, 0.05) is 43.8 Å². The maximum Gasteiger partial charge on any atom is 0.257 e. The molecule has 1 N–H and O–H groups in total. The Morgan fingerprint density at radius 1 is 1.04 bits per heavy atom. The lowest BCUT2D eigenvalue weighted by molar-refractivity contribution is 0.102. The molecule has 1 aromatic carbocycles. The molecule has 5 heteroatoms. The molecule has 1 amide bonds.